The highest BCUT2D eigenvalue weighted by Crippen LogP contribution is 2.46. The molecule has 4 rings (SSSR count). The molecule has 0 radical (unpaired) electrons. The highest BCUT2D eigenvalue weighted by molar-refractivity contribution is 9.10. The zero-order valence-corrected chi connectivity index (χ0v) is 19.2. The second-order valence-electron chi connectivity index (χ2n) is 6.31. The molecular formula is C22H18BrCl2NO4. The number of ether oxygens (including phenoxy) is 2. The van der Waals surface area contributed by atoms with Gasteiger partial charge in [-0.1, -0.05) is 53.5 Å². The van der Waals surface area contributed by atoms with Gasteiger partial charge < -0.3 is 19.9 Å². The van der Waals surface area contributed by atoms with Crippen LogP contribution in [0.5, 0.6) is 11.5 Å². The molecule has 2 N–H and O–H groups in total. The van der Waals surface area contributed by atoms with Crippen molar-refractivity contribution in [2.75, 3.05) is 19.5 Å². The summed E-state index contributed by atoms with van der Waals surface area (Å²) < 4.78 is 11.2. The Kier molecular flexibility index (Phi) is 6.93. The first-order valence-corrected chi connectivity index (χ1v) is 10.3. The van der Waals surface area contributed by atoms with Crippen molar-refractivity contribution in [2.45, 2.75) is 5.60 Å². The summed E-state index contributed by atoms with van der Waals surface area (Å²) in [6.07, 6.45) is 0. The Bertz CT molecular complexity index is 1090. The van der Waals surface area contributed by atoms with Gasteiger partial charge in [0.1, 0.15) is 11.5 Å². The third-order valence-corrected chi connectivity index (χ3v) is 5.96. The van der Waals surface area contributed by atoms with Gasteiger partial charge in [0.05, 0.1) is 28.7 Å². The van der Waals surface area contributed by atoms with Crippen LogP contribution in [0.25, 0.3) is 0 Å². The fourth-order valence-corrected chi connectivity index (χ4v) is 3.88. The summed E-state index contributed by atoms with van der Waals surface area (Å²) in [6, 6.07) is 17.5. The summed E-state index contributed by atoms with van der Waals surface area (Å²) in [7, 11) is 3.13. The summed E-state index contributed by atoms with van der Waals surface area (Å²) in [4.78, 5) is 12.3. The van der Waals surface area contributed by atoms with Crippen LogP contribution in [0.4, 0.5) is 5.69 Å². The zero-order chi connectivity index (χ0) is 21.9. The van der Waals surface area contributed by atoms with Crippen LogP contribution < -0.4 is 14.8 Å². The summed E-state index contributed by atoms with van der Waals surface area (Å²) >= 11 is 15.3. The number of methoxy groups -OCH3 is 2. The van der Waals surface area contributed by atoms with Crippen molar-refractivity contribution in [1.82, 2.24) is 0 Å². The molecule has 1 heterocycles. The molecule has 30 heavy (non-hydrogen) atoms. The third-order valence-electron chi connectivity index (χ3n) is 4.58. The van der Waals surface area contributed by atoms with Gasteiger partial charge in [-0.2, -0.15) is 0 Å². The van der Waals surface area contributed by atoms with E-state index < -0.39 is 11.5 Å². The Hall–Kier alpha value is -2.25. The number of anilines is 1. The molecule has 3 aromatic carbocycles. The van der Waals surface area contributed by atoms with Crippen LogP contribution >= 0.6 is 39.1 Å². The normalized spacial score (nSPS) is 16.8. The standard InChI is InChI=1S/C15H11Cl2NO3.C7H7BrO/c1-21-13-5-3-2-4-8(13)15(20)9-6-10(16)11(17)7-12(9)18-14(15)19;1-9-7-5-3-2-4-6(7)8/h2-7,20H,1H3,(H,18,19);2-5H,1H3. The number of hydrogen-bond acceptors (Lipinski definition) is 4. The molecule has 0 saturated carbocycles. The van der Waals surface area contributed by atoms with E-state index in [2.05, 4.69) is 21.2 Å². The van der Waals surface area contributed by atoms with Crippen molar-refractivity contribution < 1.29 is 19.4 Å². The number of nitrogens with one attached hydrogen (secondary N) is 1. The van der Waals surface area contributed by atoms with Crippen LogP contribution in [0.3, 0.4) is 0 Å². The number of rotatable bonds is 3. The van der Waals surface area contributed by atoms with Gasteiger partial charge in [-0.15, -0.1) is 0 Å². The molecule has 0 aromatic heterocycles. The van der Waals surface area contributed by atoms with Gasteiger partial charge in [0.15, 0.2) is 5.60 Å². The maximum absolute atomic E-state index is 12.3. The number of amides is 1. The molecule has 0 saturated heterocycles. The number of carbonyl (C=O) groups excluding carboxylic acids is 1. The minimum absolute atomic E-state index is 0.264. The first-order valence-electron chi connectivity index (χ1n) is 8.78. The van der Waals surface area contributed by atoms with E-state index in [-0.39, 0.29) is 5.02 Å². The summed E-state index contributed by atoms with van der Waals surface area (Å²) in [5.74, 6) is 0.715. The van der Waals surface area contributed by atoms with Crippen LogP contribution in [-0.2, 0) is 10.4 Å². The first kappa shape index (κ1) is 22.4. The average Bonchev–Trinajstić information content (AvgIpc) is 2.99. The maximum Gasteiger partial charge on any atom is 0.266 e. The summed E-state index contributed by atoms with van der Waals surface area (Å²) in [5.41, 5.74) is -0.729. The van der Waals surface area contributed by atoms with Crippen LogP contribution in [0, 0.1) is 0 Å². The van der Waals surface area contributed by atoms with Crippen LogP contribution in [0.15, 0.2) is 65.1 Å². The van der Waals surface area contributed by atoms with Crippen LogP contribution in [0.2, 0.25) is 10.0 Å². The molecule has 156 valence electrons. The Balaban J connectivity index is 0.000000239. The Labute approximate surface area is 192 Å². The van der Waals surface area contributed by atoms with E-state index in [1.165, 1.54) is 19.2 Å². The summed E-state index contributed by atoms with van der Waals surface area (Å²) in [5, 5.41) is 14.2. The number of halogens is 3. The fourth-order valence-electron chi connectivity index (χ4n) is 3.11. The maximum atomic E-state index is 12.3. The molecule has 8 heteroatoms. The monoisotopic (exact) mass is 509 g/mol. The summed E-state index contributed by atoms with van der Waals surface area (Å²) in [6.45, 7) is 0. The Morgan fingerprint density at radius 2 is 1.47 bits per heavy atom. The molecule has 0 fully saturated rings. The number of para-hydroxylation sites is 2. The molecule has 0 spiro atoms. The predicted molar refractivity (Wildman–Crippen MR) is 122 cm³/mol. The Morgan fingerprint density at radius 3 is 2.07 bits per heavy atom. The molecule has 1 aliphatic rings. The van der Waals surface area contributed by atoms with Gasteiger partial charge in [0, 0.05) is 16.8 Å². The van der Waals surface area contributed by atoms with E-state index in [0.717, 1.165) is 10.2 Å². The Morgan fingerprint density at radius 1 is 0.900 bits per heavy atom. The molecule has 1 aliphatic heterocycles. The average molecular weight is 511 g/mol. The minimum atomic E-state index is -1.86. The van der Waals surface area contributed by atoms with E-state index in [1.807, 2.05) is 24.3 Å². The van der Waals surface area contributed by atoms with Gasteiger partial charge >= 0.3 is 0 Å². The van der Waals surface area contributed by atoms with Crippen molar-refractivity contribution in [3.8, 4) is 11.5 Å². The SMILES string of the molecule is COc1ccccc1Br.COc1ccccc1C1(O)C(=O)Nc2cc(Cl)c(Cl)cc21. The largest absolute Gasteiger partial charge is 0.496 e. The van der Waals surface area contributed by atoms with E-state index in [4.69, 9.17) is 32.7 Å². The van der Waals surface area contributed by atoms with Crippen molar-refractivity contribution in [1.29, 1.82) is 0 Å². The molecular weight excluding hydrogens is 493 g/mol. The molecule has 0 bridgehead atoms. The second kappa shape index (κ2) is 9.27. The van der Waals surface area contributed by atoms with Crippen LogP contribution in [0.1, 0.15) is 11.1 Å². The van der Waals surface area contributed by atoms with E-state index in [1.54, 1.807) is 31.4 Å². The lowest BCUT2D eigenvalue weighted by atomic mass is 9.87. The smallest absolute Gasteiger partial charge is 0.266 e. The second-order valence-corrected chi connectivity index (χ2v) is 7.98. The van der Waals surface area contributed by atoms with Gasteiger partial charge in [-0.05, 0) is 46.3 Å². The van der Waals surface area contributed by atoms with Gasteiger partial charge in [-0.25, -0.2) is 0 Å². The lowest BCUT2D eigenvalue weighted by Gasteiger charge is -2.23. The van der Waals surface area contributed by atoms with E-state index >= 15 is 0 Å². The van der Waals surface area contributed by atoms with Crippen molar-refractivity contribution in [3.05, 3.63) is 86.3 Å². The quantitative estimate of drug-likeness (QED) is 0.478. The lowest BCUT2D eigenvalue weighted by molar-refractivity contribution is -0.129. The van der Waals surface area contributed by atoms with Crippen molar-refractivity contribution >= 4 is 50.7 Å². The molecule has 1 amide bonds. The third kappa shape index (κ3) is 4.14. The highest BCUT2D eigenvalue weighted by atomic mass is 79.9. The van der Waals surface area contributed by atoms with Crippen molar-refractivity contribution in [2.24, 2.45) is 0 Å². The number of fused-ring (bicyclic) bond motifs is 1. The first-order chi connectivity index (χ1) is 14.3. The minimum Gasteiger partial charge on any atom is -0.496 e. The lowest BCUT2D eigenvalue weighted by Crippen LogP contribution is -2.35. The van der Waals surface area contributed by atoms with E-state index in [0.29, 0.717) is 27.6 Å². The van der Waals surface area contributed by atoms with Gasteiger partial charge in [-0.3, -0.25) is 4.79 Å². The molecule has 1 atom stereocenters. The number of hydrogen-bond donors (Lipinski definition) is 2. The van der Waals surface area contributed by atoms with Gasteiger partial charge in [0.25, 0.3) is 5.91 Å². The molecule has 3 aromatic rings. The fraction of sp³-hybridized carbons (Fsp3) is 0.136. The molecule has 1 unspecified atom stereocenters. The number of carbonyl (C=O) groups is 1. The number of aliphatic hydroxyl groups is 1. The van der Waals surface area contributed by atoms with Crippen LogP contribution in [-0.4, -0.2) is 25.2 Å². The molecule has 0 aliphatic carbocycles. The van der Waals surface area contributed by atoms with Gasteiger partial charge in [0.2, 0.25) is 0 Å². The van der Waals surface area contributed by atoms with E-state index in [9.17, 15) is 9.90 Å². The number of benzene rings is 3. The zero-order valence-electron chi connectivity index (χ0n) is 16.1. The molecule has 5 nitrogen and oxygen atoms in total. The highest BCUT2D eigenvalue weighted by Gasteiger charge is 2.48. The topological polar surface area (TPSA) is 67.8 Å². The predicted octanol–water partition coefficient (Wildman–Crippen LogP) is 5.65. The van der Waals surface area contributed by atoms with Crippen molar-refractivity contribution in [3.63, 3.8) is 0 Å².